The lowest BCUT2D eigenvalue weighted by Crippen LogP contribution is -2.36. The number of carbonyl (C=O) groups excluding carboxylic acids is 1. The fourth-order valence-corrected chi connectivity index (χ4v) is 3.85. The third-order valence-electron chi connectivity index (χ3n) is 5.15. The zero-order chi connectivity index (χ0) is 15.4. The average Bonchev–Trinajstić information content (AvgIpc) is 3.06. The van der Waals surface area contributed by atoms with Crippen LogP contribution in [0.2, 0.25) is 0 Å². The Morgan fingerprint density at radius 3 is 2.95 bits per heavy atom. The van der Waals surface area contributed by atoms with Gasteiger partial charge in [0.1, 0.15) is 0 Å². The van der Waals surface area contributed by atoms with Gasteiger partial charge < -0.3 is 9.64 Å². The zero-order valence-corrected chi connectivity index (χ0v) is 13.6. The molecule has 0 saturated carbocycles. The fourth-order valence-electron chi connectivity index (χ4n) is 3.85. The molecule has 3 heteroatoms. The standard InChI is InChI=1S/C19H27NO2/c1-2-20(13-15-10-11-22-14-15)19(21)12-17-8-5-7-16-6-3-4-9-18(16)17/h3-4,6,9,15,17H,2,5,7-8,10-14H2,1H3/t15-,17+/m1/s1. The minimum Gasteiger partial charge on any atom is -0.381 e. The molecule has 120 valence electrons. The Morgan fingerprint density at radius 2 is 2.18 bits per heavy atom. The number of aryl methyl sites for hydroxylation is 1. The summed E-state index contributed by atoms with van der Waals surface area (Å²) in [5.41, 5.74) is 2.85. The average molecular weight is 301 g/mol. The third kappa shape index (κ3) is 3.52. The quantitative estimate of drug-likeness (QED) is 0.834. The van der Waals surface area contributed by atoms with Crippen LogP contribution in [0.5, 0.6) is 0 Å². The van der Waals surface area contributed by atoms with Crippen molar-refractivity contribution in [2.75, 3.05) is 26.3 Å². The summed E-state index contributed by atoms with van der Waals surface area (Å²) in [7, 11) is 0. The second-order valence-corrected chi connectivity index (χ2v) is 6.65. The van der Waals surface area contributed by atoms with Gasteiger partial charge in [-0.1, -0.05) is 24.3 Å². The Kier molecular flexibility index (Phi) is 5.14. The predicted octanol–water partition coefficient (Wildman–Crippen LogP) is 3.38. The van der Waals surface area contributed by atoms with E-state index in [4.69, 9.17) is 4.74 Å². The molecule has 1 heterocycles. The summed E-state index contributed by atoms with van der Waals surface area (Å²) in [6.07, 6.45) is 5.27. The van der Waals surface area contributed by atoms with Gasteiger partial charge in [-0.3, -0.25) is 4.79 Å². The number of hydrogen-bond donors (Lipinski definition) is 0. The molecule has 1 saturated heterocycles. The van der Waals surface area contributed by atoms with E-state index in [1.54, 1.807) is 0 Å². The predicted molar refractivity (Wildman–Crippen MR) is 87.9 cm³/mol. The molecule has 1 aliphatic carbocycles. The summed E-state index contributed by atoms with van der Waals surface area (Å²) in [5.74, 6) is 1.25. The van der Waals surface area contributed by atoms with E-state index in [1.165, 1.54) is 17.5 Å². The normalized spacial score (nSPS) is 24.0. The number of ether oxygens (including phenoxy) is 1. The molecular weight excluding hydrogens is 274 g/mol. The molecule has 0 unspecified atom stereocenters. The molecule has 0 bridgehead atoms. The molecule has 0 N–H and O–H groups in total. The van der Waals surface area contributed by atoms with Crippen LogP contribution in [0.3, 0.4) is 0 Å². The van der Waals surface area contributed by atoms with Gasteiger partial charge in [-0.2, -0.15) is 0 Å². The summed E-state index contributed by atoms with van der Waals surface area (Å²) in [6.45, 7) is 5.43. The Labute approximate surface area is 133 Å². The summed E-state index contributed by atoms with van der Waals surface area (Å²) >= 11 is 0. The first-order valence-corrected chi connectivity index (χ1v) is 8.71. The van der Waals surface area contributed by atoms with Crippen molar-refractivity contribution in [2.45, 2.75) is 44.9 Å². The van der Waals surface area contributed by atoms with Crippen molar-refractivity contribution < 1.29 is 9.53 Å². The number of amides is 1. The van der Waals surface area contributed by atoms with Crippen molar-refractivity contribution in [3.63, 3.8) is 0 Å². The molecule has 2 aliphatic rings. The second-order valence-electron chi connectivity index (χ2n) is 6.65. The first-order chi connectivity index (χ1) is 10.8. The number of fused-ring (bicyclic) bond motifs is 1. The van der Waals surface area contributed by atoms with E-state index in [-0.39, 0.29) is 0 Å². The van der Waals surface area contributed by atoms with Gasteiger partial charge in [0.25, 0.3) is 0 Å². The highest BCUT2D eigenvalue weighted by Crippen LogP contribution is 2.34. The minimum atomic E-state index is 0.316. The number of hydrogen-bond acceptors (Lipinski definition) is 2. The van der Waals surface area contributed by atoms with Gasteiger partial charge in [0.05, 0.1) is 6.61 Å². The smallest absolute Gasteiger partial charge is 0.223 e. The van der Waals surface area contributed by atoms with Gasteiger partial charge in [-0.25, -0.2) is 0 Å². The summed E-state index contributed by atoms with van der Waals surface area (Å²) in [6, 6.07) is 8.66. The lowest BCUT2D eigenvalue weighted by molar-refractivity contribution is -0.132. The monoisotopic (exact) mass is 301 g/mol. The van der Waals surface area contributed by atoms with Crippen LogP contribution in [0, 0.1) is 5.92 Å². The maximum Gasteiger partial charge on any atom is 0.223 e. The van der Waals surface area contributed by atoms with Gasteiger partial charge in [0.2, 0.25) is 5.91 Å². The van der Waals surface area contributed by atoms with Gasteiger partial charge >= 0.3 is 0 Å². The van der Waals surface area contributed by atoms with Crippen LogP contribution in [-0.2, 0) is 16.0 Å². The number of carbonyl (C=O) groups is 1. The van der Waals surface area contributed by atoms with Crippen molar-refractivity contribution in [3.8, 4) is 0 Å². The van der Waals surface area contributed by atoms with E-state index >= 15 is 0 Å². The van der Waals surface area contributed by atoms with Crippen molar-refractivity contribution in [1.82, 2.24) is 4.90 Å². The van der Waals surface area contributed by atoms with Gasteiger partial charge in [0, 0.05) is 32.0 Å². The highest BCUT2D eigenvalue weighted by Gasteiger charge is 2.26. The van der Waals surface area contributed by atoms with Gasteiger partial charge in [-0.15, -0.1) is 0 Å². The lowest BCUT2D eigenvalue weighted by atomic mass is 9.81. The number of nitrogens with zero attached hydrogens (tertiary/aromatic N) is 1. The second kappa shape index (κ2) is 7.28. The summed E-state index contributed by atoms with van der Waals surface area (Å²) < 4.78 is 5.44. The third-order valence-corrected chi connectivity index (χ3v) is 5.15. The van der Waals surface area contributed by atoms with Crippen LogP contribution in [-0.4, -0.2) is 37.1 Å². The Bertz CT molecular complexity index is 508. The number of benzene rings is 1. The Balaban J connectivity index is 1.63. The molecule has 0 spiro atoms. The molecule has 22 heavy (non-hydrogen) atoms. The largest absolute Gasteiger partial charge is 0.381 e. The zero-order valence-electron chi connectivity index (χ0n) is 13.6. The van der Waals surface area contributed by atoms with E-state index < -0.39 is 0 Å². The first kappa shape index (κ1) is 15.5. The molecular formula is C19H27NO2. The van der Waals surface area contributed by atoms with Crippen LogP contribution in [0.4, 0.5) is 0 Å². The molecule has 1 aliphatic heterocycles. The number of rotatable bonds is 5. The molecule has 3 rings (SSSR count). The molecule has 1 aromatic carbocycles. The van der Waals surface area contributed by atoms with E-state index in [9.17, 15) is 4.79 Å². The molecule has 0 radical (unpaired) electrons. The van der Waals surface area contributed by atoms with Crippen molar-refractivity contribution in [2.24, 2.45) is 5.92 Å². The maximum atomic E-state index is 12.7. The van der Waals surface area contributed by atoms with Crippen molar-refractivity contribution >= 4 is 5.91 Å². The Hall–Kier alpha value is -1.35. The van der Waals surface area contributed by atoms with Crippen molar-refractivity contribution in [1.29, 1.82) is 0 Å². The van der Waals surface area contributed by atoms with E-state index in [1.807, 2.05) is 4.90 Å². The minimum absolute atomic E-state index is 0.316. The van der Waals surface area contributed by atoms with Crippen LogP contribution in [0.1, 0.15) is 49.7 Å². The highest BCUT2D eigenvalue weighted by molar-refractivity contribution is 5.77. The molecule has 2 atom stereocenters. The van der Waals surface area contributed by atoms with Crippen LogP contribution >= 0.6 is 0 Å². The SMILES string of the molecule is CCN(C[C@H]1CCOC1)C(=O)C[C@@H]1CCCc2ccccc21. The fraction of sp³-hybridized carbons (Fsp3) is 0.632. The van der Waals surface area contributed by atoms with Crippen LogP contribution in [0.15, 0.2) is 24.3 Å². The van der Waals surface area contributed by atoms with E-state index in [0.717, 1.165) is 45.6 Å². The van der Waals surface area contributed by atoms with Crippen molar-refractivity contribution in [3.05, 3.63) is 35.4 Å². The molecule has 1 fully saturated rings. The first-order valence-electron chi connectivity index (χ1n) is 8.71. The lowest BCUT2D eigenvalue weighted by Gasteiger charge is -2.29. The van der Waals surface area contributed by atoms with E-state index in [2.05, 4.69) is 31.2 Å². The van der Waals surface area contributed by atoms with E-state index in [0.29, 0.717) is 24.2 Å². The molecule has 1 aromatic rings. The summed E-state index contributed by atoms with van der Waals surface area (Å²) in [4.78, 5) is 14.8. The molecule has 1 amide bonds. The maximum absolute atomic E-state index is 12.7. The van der Waals surface area contributed by atoms with Gasteiger partial charge in [0.15, 0.2) is 0 Å². The molecule has 0 aromatic heterocycles. The van der Waals surface area contributed by atoms with Crippen LogP contribution in [0.25, 0.3) is 0 Å². The Morgan fingerprint density at radius 1 is 1.32 bits per heavy atom. The topological polar surface area (TPSA) is 29.5 Å². The summed E-state index contributed by atoms with van der Waals surface area (Å²) in [5, 5.41) is 0. The highest BCUT2D eigenvalue weighted by atomic mass is 16.5. The molecule has 3 nitrogen and oxygen atoms in total. The van der Waals surface area contributed by atoms with Gasteiger partial charge in [-0.05, 0) is 49.7 Å². The van der Waals surface area contributed by atoms with Crippen LogP contribution < -0.4 is 0 Å².